The molecule has 0 saturated heterocycles. The summed E-state index contributed by atoms with van der Waals surface area (Å²) in [4.78, 5) is 0. The van der Waals surface area contributed by atoms with Crippen LogP contribution in [0.25, 0.3) is 0 Å². The Hall–Kier alpha value is -1.16. The first kappa shape index (κ1) is 18.9. The predicted molar refractivity (Wildman–Crippen MR) is 99.5 cm³/mol. The topological polar surface area (TPSA) is 35.2 Å². The summed E-state index contributed by atoms with van der Waals surface area (Å²) in [5, 5.41) is 0. The van der Waals surface area contributed by atoms with Crippen LogP contribution in [0.3, 0.4) is 0 Å². The van der Waals surface area contributed by atoms with Crippen LogP contribution in [0.1, 0.15) is 24.0 Å². The monoisotopic (exact) mass is 337 g/mol. The molecule has 2 rings (SSSR count). The molecule has 0 aromatic heterocycles. The molecule has 0 unspecified atom stereocenters. The molecule has 0 radical (unpaired) electrons. The van der Waals surface area contributed by atoms with Crippen molar-refractivity contribution in [2.24, 2.45) is 5.73 Å². The maximum absolute atomic E-state index is 5.81. The van der Waals surface area contributed by atoms with Gasteiger partial charge in [0, 0.05) is 11.8 Å². The zero-order valence-corrected chi connectivity index (χ0v) is 14.4. The van der Waals surface area contributed by atoms with Crippen LogP contribution in [0.5, 0.6) is 5.75 Å². The van der Waals surface area contributed by atoms with Gasteiger partial charge < -0.3 is 10.5 Å². The van der Waals surface area contributed by atoms with Crippen LogP contribution in [-0.2, 0) is 6.42 Å². The number of thiol groups is 1. The molecule has 2 aromatic carbocycles. The van der Waals surface area contributed by atoms with E-state index in [2.05, 4.69) is 49.0 Å². The van der Waals surface area contributed by atoms with Gasteiger partial charge in [0.2, 0.25) is 0 Å². The van der Waals surface area contributed by atoms with Gasteiger partial charge in [0.25, 0.3) is 0 Å². The Morgan fingerprint density at radius 3 is 2.23 bits per heavy atom. The van der Waals surface area contributed by atoms with Crippen molar-refractivity contribution in [1.82, 2.24) is 0 Å². The van der Waals surface area contributed by atoms with Gasteiger partial charge in [-0.05, 0) is 42.5 Å². The lowest BCUT2D eigenvalue weighted by Crippen LogP contribution is -2.22. The fourth-order valence-electron chi connectivity index (χ4n) is 2.16. The molecular weight excluding hydrogens is 314 g/mol. The van der Waals surface area contributed by atoms with Gasteiger partial charge in [-0.15, -0.1) is 12.4 Å². The van der Waals surface area contributed by atoms with E-state index in [1.807, 2.05) is 18.2 Å². The third kappa shape index (κ3) is 6.73. The van der Waals surface area contributed by atoms with Crippen molar-refractivity contribution >= 4 is 25.0 Å². The van der Waals surface area contributed by atoms with Crippen molar-refractivity contribution in [1.29, 1.82) is 0 Å². The number of ether oxygens (including phenoxy) is 1. The standard InChI is InChI=1S/C18H23NOS.ClH/c19-17(14-21)7-4-12-20-18-10-8-16(9-11-18)13-15-5-2-1-3-6-15;/h1-3,5-6,8-11,17,21H,4,7,12-14,19H2;1H/t17-;/m0./s1. The Morgan fingerprint density at radius 1 is 0.955 bits per heavy atom. The van der Waals surface area contributed by atoms with Crippen molar-refractivity contribution in [3.8, 4) is 5.75 Å². The molecule has 0 fully saturated rings. The molecule has 1 atom stereocenters. The second-order valence-electron chi connectivity index (χ2n) is 5.24. The third-order valence-corrected chi connectivity index (χ3v) is 3.87. The van der Waals surface area contributed by atoms with Gasteiger partial charge in [0.1, 0.15) is 5.75 Å². The molecule has 0 heterocycles. The highest BCUT2D eigenvalue weighted by Crippen LogP contribution is 2.15. The smallest absolute Gasteiger partial charge is 0.119 e. The first-order valence-electron chi connectivity index (χ1n) is 7.40. The maximum atomic E-state index is 5.81. The SMILES string of the molecule is Cl.N[C@H](CS)CCCOc1ccc(Cc2ccccc2)cc1. The molecule has 4 heteroatoms. The number of rotatable bonds is 8. The second kappa shape index (κ2) is 10.5. The first-order chi connectivity index (χ1) is 10.3. The van der Waals surface area contributed by atoms with Gasteiger partial charge in [-0.3, -0.25) is 0 Å². The Kier molecular flexibility index (Phi) is 9.05. The summed E-state index contributed by atoms with van der Waals surface area (Å²) in [7, 11) is 0. The summed E-state index contributed by atoms with van der Waals surface area (Å²) in [5.74, 6) is 1.65. The van der Waals surface area contributed by atoms with Crippen molar-refractivity contribution < 1.29 is 4.74 Å². The van der Waals surface area contributed by atoms with Crippen LogP contribution in [0.15, 0.2) is 54.6 Å². The molecule has 0 aliphatic heterocycles. The fraction of sp³-hybridized carbons (Fsp3) is 0.333. The summed E-state index contributed by atoms with van der Waals surface area (Å²) in [6, 6.07) is 19.0. The normalized spacial score (nSPS) is 11.5. The van der Waals surface area contributed by atoms with Crippen LogP contribution in [0.4, 0.5) is 0 Å². The number of nitrogens with two attached hydrogens (primary N) is 1. The summed E-state index contributed by atoms with van der Waals surface area (Å²) >= 11 is 4.17. The maximum Gasteiger partial charge on any atom is 0.119 e. The van der Waals surface area contributed by atoms with E-state index >= 15 is 0 Å². The molecule has 0 amide bonds. The molecular formula is C18H24ClNOS. The number of hydrogen-bond donors (Lipinski definition) is 2. The van der Waals surface area contributed by atoms with Crippen LogP contribution >= 0.6 is 25.0 Å². The van der Waals surface area contributed by atoms with Crippen LogP contribution < -0.4 is 10.5 Å². The molecule has 0 aliphatic carbocycles. The lowest BCUT2D eigenvalue weighted by Gasteiger charge is -2.10. The van der Waals surface area contributed by atoms with Gasteiger partial charge in [-0.1, -0.05) is 42.5 Å². The Bertz CT molecular complexity index is 518. The molecule has 2 nitrogen and oxygen atoms in total. The number of halogens is 1. The molecule has 0 saturated carbocycles. The zero-order chi connectivity index (χ0) is 14.9. The highest BCUT2D eigenvalue weighted by Gasteiger charge is 2.00. The molecule has 2 N–H and O–H groups in total. The molecule has 22 heavy (non-hydrogen) atoms. The molecule has 0 aliphatic rings. The molecule has 120 valence electrons. The Balaban J connectivity index is 0.00000242. The summed E-state index contributed by atoms with van der Waals surface area (Å²) in [5.41, 5.74) is 8.44. The Labute approximate surface area is 144 Å². The van der Waals surface area contributed by atoms with Gasteiger partial charge in [-0.25, -0.2) is 0 Å². The quantitative estimate of drug-likeness (QED) is 0.561. The average Bonchev–Trinajstić information content (AvgIpc) is 2.54. The summed E-state index contributed by atoms with van der Waals surface area (Å²) < 4.78 is 5.73. The summed E-state index contributed by atoms with van der Waals surface area (Å²) in [6.07, 6.45) is 2.88. The van der Waals surface area contributed by atoms with E-state index in [1.54, 1.807) is 0 Å². The minimum atomic E-state index is 0. The van der Waals surface area contributed by atoms with E-state index in [1.165, 1.54) is 11.1 Å². The van der Waals surface area contributed by atoms with Crippen molar-refractivity contribution in [2.45, 2.75) is 25.3 Å². The minimum absolute atomic E-state index is 0. The number of benzene rings is 2. The van der Waals surface area contributed by atoms with E-state index in [-0.39, 0.29) is 18.4 Å². The van der Waals surface area contributed by atoms with E-state index in [9.17, 15) is 0 Å². The fourth-order valence-corrected chi connectivity index (χ4v) is 2.34. The van der Waals surface area contributed by atoms with E-state index < -0.39 is 0 Å². The van der Waals surface area contributed by atoms with E-state index in [0.29, 0.717) is 6.61 Å². The zero-order valence-electron chi connectivity index (χ0n) is 12.7. The number of hydrogen-bond acceptors (Lipinski definition) is 3. The largest absolute Gasteiger partial charge is 0.494 e. The molecule has 0 bridgehead atoms. The van der Waals surface area contributed by atoms with Crippen LogP contribution in [-0.4, -0.2) is 18.4 Å². The van der Waals surface area contributed by atoms with Crippen molar-refractivity contribution in [3.63, 3.8) is 0 Å². The highest BCUT2D eigenvalue weighted by atomic mass is 35.5. The summed E-state index contributed by atoms with van der Waals surface area (Å²) in [6.45, 7) is 0.708. The Morgan fingerprint density at radius 2 is 1.59 bits per heavy atom. The first-order valence-corrected chi connectivity index (χ1v) is 8.03. The predicted octanol–water partition coefficient (Wildman–Crippen LogP) is 4.12. The van der Waals surface area contributed by atoms with Gasteiger partial charge in [-0.2, -0.15) is 12.6 Å². The van der Waals surface area contributed by atoms with Crippen LogP contribution in [0.2, 0.25) is 0 Å². The highest BCUT2D eigenvalue weighted by molar-refractivity contribution is 7.80. The lowest BCUT2D eigenvalue weighted by atomic mass is 10.1. The van der Waals surface area contributed by atoms with Crippen molar-refractivity contribution in [2.75, 3.05) is 12.4 Å². The lowest BCUT2D eigenvalue weighted by molar-refractivity contribution is 0.303. The third-order valence-electron chi connectivity index (χ3n) is 3.40. The minimum Gasteiger partial charge on any atom is -0.494 e. The van der Waals surface area contributed by atoms with Gasteiger partial charge in [0.15, 0.2) is 0 Å². The molecule has 0 spiro atoms. The van der Waals surface area contributed by atoms with Crippen LogP contribution in [0, 0.1) is 0 Å². The van der Waals surface area contributed by atoms with Gasteiger partial charge in [0.05, 0.1) is 6.61 Å². The van der Waals surface area contributed by atoms with Crippen molar-refractivity contribution in [3.05, 3.63) is 65.7 Å². The second-order valence-corrected chi connectivity index (χ2v) is 5.60. The van der Waals surface area contributed by atoms with E-state index in [0.717, 1.165) is 30.8 Å². The average molecular weight is 338 g/mol. The van der Waals surface area contributed by atoms with Gasteiger partial charge >= 0.3 is 0 Å². The van der Waals surface area contributed by atoms with E-state index in [4.69, 9.17) is 10.5 Å². The molecule has 2 aromatic rings.